The first-order chi connectivity index (χ1) is 17.4. The molecule has 37 heavy (non-hydrogen) atoms. The van der Waals surface area contributed by atoms with Crippen LogP contribution in [0.25, 0.3) is 11.1 Å². The number of esters is 1. The number of halogens is 2. The lowest BCUT2D eigenvalue weighted by molar-refractivity contribution is -0.141. The van der Waals surface area contributed by atoms with Crippen LogP contribution in [0.15, 0.2) is 67.0 Å². The zero-order valence-corrected chi connectivity index (χ0v) is 21.0. The van der Waals surface area contributed by atoms with Crippen LogP contribution in [0.1, 0.15) is 28.8 Å². The molecule has 0 aliphatic carbocycles. The first kappa shape index (κ1) is 27.6. The van der Waals surface area contributed by atoms with E-state index < -0.39 is 5.82 Å². The summed E-state index contributed by atoms with van der Waals surface area (Å²) >= 11 is 0. The van der Waals surface area contributed by atoms with Crippen LogP contribution in [-0.2, 0) is 9.53 Å². The molecule has 10 heteroatoms. The van der Waals surface area contributed by atoms with E-state index in [1.807, 2.05) is 12.1 Å². The van der Waals surface area contributed by atoms with Crippen molar-refractivity contribution in [2.24, 2.45) is 11.7 Å². The van der Waals surface area contributed by atoms with Crippen molar-refractivity contribution in [2.75, 3.05) is 20.3 Å². The summed E-state index contributed by atoms with van der Waals surface area (Å²) in [5.41, 5.74) is 7.36. The lowest BCUT2D eigenvalue weighted by Crippen LogP contribution is -2.39. The molecule has 1 aliphatic rings. The molecule has 1 aliphatic heterocycles. The number of nitrogens with two attached hydrogens (primary N) is 1. The third-order valence-corrected chi connectivity index (χ3v) is 6.24. The predicted octanol–water partition coefficient (Wildman–Crippen LogP) is 4.07. The molecule has 0 saturated carbocycles. The molecule has 1 fully saturated rings. The van der Waals surface area contributed by atoms with Crippen molar-refractivity contribution in [3.05, 3.63) is 83.9 Å². The smallest absolute Gasteiger partial charge is 0.305 e. The molecule has 1 aromatic heterocycles. The minimum absolute atomic E-state index is 0. The van der Waals surface area contributed by atoms with Crippen LogP contribution >= 0.6 is 12.4 Å². The molecule has 0 radical (unpaired) electrons. The average Bonchev–Trinajstić information content (AvgIpc) is 3.29. The van der Waals surface area contributed by atoms with Gasteiger partial charge in [-0.05, 0) is 59.9 Å². The molecule has 3 N–H and O–H groups in total. The van der Waals surface area contributed by atoms with E-state index >= 15 is 0 Å². The number of nitrogen functional groups attached to an aromatic ring is 1. The number of hydrogen-bond acceptors (Lipinski definition) is 6. The standard InChI is InChI=1S/C27H27FN4O4.ClH/c1-35-25(33)12-17-11-21(32(15-17)27(34)20-3-2-10-31-14-20)16-36-22-7-4-18(5-8-22)19-6-9-23(26(29)30)24(28)13-19;/h2-10,13-14,17,21H,11-12,15-16H2,1H3,(H3,29,30);1H/t17-,21-;/m0./s1. The fraction of sp³-hybridized carbons (Fsp3) is 0.259. The van der Waals surface area contributed by atoms with Gasteiger partial charge in [-0.1, -0.05) is 18.2 Å². The predicted molar refractivity (Wildman–Crippen MR) is 139 cm³/mol. The van der Waals surface area contributed by atoms with E-state index in [1.54, 1.807) is 41.4 Å². The number of rotatable bonds is 8. The summed E-state index contributed by atoms with van der Waals surface area (Å²) in [6.07, 6.45) is 3.98. The number of carbonyl (C=O) groups excluding carboxylic acids is 2. The number of aromatic nitrogens is 1. The quantitative estimate of drug-likeness (QED) is 0.259. The van der Waals surface area contributed by atoms with Crippen LogP contribution < -0.4 is 10.5 Å². The zero-order chi connectivity index (χ0) is 25.7. The van der Waals surface area contributed by atoms with Gasteiger partial charge in [-0.2, -0.15) is 0 Å². The lowest BCUT2D eigenvalue weighted by atomic mass is 10.0. The van der Waals surface area contributed by atoms with E-state index in [1.165, 1.54) is 25.4 Å². The van der Waals surface area contributed by atoms with Gasteiger partial charge in [0.15, 0.2) is 0 Å². The van der Waals surface area contributed by atoms with Crippen molar-refractivity contribution in [2.45, 2.75) is 18.9 Å². The Balaban J connectivity index is 0.00000380. The fourth-order valence-corrected chi connectivity index (χ4v) is 4.39. The Morgan fingerprint density at radius 3 is 2.51 bits per heavy atom. The Labute approximate surface area is 220 Å². The highest BCUT2D eigenvalue weighted by Gasteiger charge is 2.37. The minimum Gasteiger partial charge on any atom is -0.491 e. The Bertz CT molecular complexity index is 1260. The third-order valence-electron chi connectivity index (χ3n) is 6.24. The van der Waals surface area contributed by atoms with Crippen molar-refractivity contribution < 1.29 is 23.5 Å². The lowest BCUT2D eigenvalue weighted by Gasteiger charge is -2.25. The van der Waals surface area contributed by atoms with Gasteiger partial charge in [0.25, 0.3) is 5.91 Å². The van der Waals surface area contributed by atoms with Crippen molar-refractivity contribution in [3.8, 4) is 16.9 Å². The molecule has 2 aromatic carbocycles. The molecule has 8 nitrogen and oxygen atoms in total. The Kier molecular flexibility index (Phi) is 9.19. The summed E-state index contributed by atoms with van der Waals surface area (Å²) in [5.74, 6) is -0.762. The number of carbonyl (C=O) groups is 2. The summed E-state index contributed by atoms with van der Waals surface area (Å²) in [5, 5.41) is 7.41. The van der Waals surface area contributed by atoms with E-state index in [4.69, 9.17) is 20.6 Å². The van der Waals surface area contributed by atoms with E-state index in [0.717, 1.165) is 5.56 Å². The first-order valence-corrected chi connectivity index (χ1v) is 11.5. The van der Waals surface area contributed by atoms with Gasteiger partial charge in [-0.25, -0.2) is 4.39 Å². The van der Waals surface area contributed by atoms with Crippen molar-refractivity contribution in [1.82, 2.24) is 9.88 Å². The first-order valence-electron chi connectivity index (χ1n) is 11.5. The Morgan fingerprint density at radius 1 is 1.16 bits per heavy atom. The molecule has 0 unspecified atom stereocenters. The molecule has 1 saturated heterocycles. The van der Waals surface area contributed by atoms with E-state index in [2.05, 4.69) is 4.98 Å². The summed E-state index contributed by atoms with van der Waals surface area (Å²) in [6, 6.07) is 14.9. The molecular formula is C27H28ClFN4O4. The Hall–Kier alpha value is -3.98. The van der Waals surface area contributed by atoms with Gasteiger partial charge < -0.3 is 20.1 Å². The normalized spacial score (nSPS) is 16.5. The zero-order valence-electron chi connectivity index (χ0n) is 20.2. The van der Waals surface area contributed by atoms with Crippen LogP contribution in [0.2, 0.25) is 0 Å². The average molecular weight is 527 g/mol. The number of amidine groups is 1. The van der Waals surface area contributed by atoms with Crippen molar-refractivity contribution in [1.29, 1.82) is 5.41 Å². The molecule has 0 spiro atoms. The number of likely N-dealkylation sites (tertiary alicyclic amines) is 1. The summed E-state index contributed by atoms with van der Waals surface area (Å²) < 4.78 is 25.0. The second kappa shape index (κ2) is 12.3. The maximum Gasteiger partial charge on any atom is 0.305 e. The molecular weight excluding hydrogens is 499 g/mol. The van der Waals surface area contributed by atoms with Gasteiger partial charge in [0.05, 0.1) is 30.7 Å². The van der Waals surface area contributed by atoms with Gasteiger partial charge in [-0.3, -0.25) is 20.0 Å². The van der Waals surface area contributed by atoms with E-state index in [9.17, 15) is 14.0 Å². The fourth-order valence-electron chi connectivity index (χ4n) is 4.39. The van der Waals surface area contributed by atoms with E-state index in [0.29, 0.717) is 29.8 Å². The number of hydrogen-bond donors (Lipinski definition) is 2. The minimum atomic E-state index is -0.554. The second-order valence-electron chi connectivity index (χ2n) is 8.68. The van der Waals surface area contributed by atoms with E-state index in [-0.39, 0.29) is 60.7 Å². The maximum atomic E-state index is 14.2. The highest BCUT2D eigenvalue weighted by atomic mass is 35.5. The SMILES string of the molecule is COC(=O)C[C@@H]1C[C@@H](COc2ccc(-c3ccc(C(=N)N)c(F)c3)cc2)N(C(=O)c2cccnc2)C1.Cl. The molecule has 194 valence electrons. The molecule has 3 aromatic rings. The number of nitrogens with zero attached hydrogens (tertiary/aromatic N) is 2. The summed E-state index contributed by atoms with van der Waals surface area (Å²) in [4.78, 5) is 30.7. The molecule has 2 heterocycles. The number of pyridine rings is 1. The molecule has 4 rings (SSSR count). The van der Waals surface area contributed by atoms with Crippen LogP contribution in [-0.4, -0.2) is 53.9 Å². The van der Waals surface area contributed by atoms with Crippen LogP contribution in [0.4, 0.5) is 4.39 Å². The van der Waals surface area contributed by atoms with Gasteiger partial charge in [0.2, 0.25) is 0 Å². The van der Waals surface area contributed by atoms with Crippen molar-refractivity contribution in [3.63, 3.8) is 0 Å². The number of nitrogens with one attached hydrogen (secondary N) is 1. The number of amides is 1. The molecule has 0 bridgehead atoms. The monoisotopic (exact) mass is 526 g/mol. The second-order valence-corrected chi connectivity index (χ2v) is 8.68. The van der Waals surface area contributed by atoms with Gasteiger partial charge in [0.1, 0.15) is 24.0 Å². The van der Waals surface area contributed by atoms with Crippen LogP contribution in [0.3, 0.4) is 0 Å². The van der Waals surface area contributed by atoms with Gasteiger partial charge >= 0.3 is 5.97 Å². The van der Waals surface area contributed by atoms with Crippen LogP contribution in [0, 0.1) is 17.1 Å². The number of methoxy groups -OCH3 is 1. The summed E-state index contributed by atoms with van der Waals surface area (Å²) in [6.45, 7) is 0.683. The molecule has 2 atom stereocenters. The maximum absolute atomic E-state index is 14.2. The topological polar surface area (TPSA) is 119 Å². The van der Waals surface area contributed by atoms with Crippen molar-refractivity contribution >= 4 is 30.1 Å². The van der Waals surface area contributed by atoms with Gasteiger partial charge in [-0.15, -0.1) is 12.4 Å². The molecule has 1 amide bonds. The third kappa shape index (κ3) is 6.62. The number of benzene rings is 2. The Morgan fingerprint density at radius 2 is 1.89 bits per heavy atom. The highest BCUT2D eigenvalue weighted by molar-refractivity contribution is 5.95. The highest BCUT2D eigenvalue weighted by Crippen LogP contribution is 2.29. The summed E-state index contributed by atoms with van der Waals surface area (Å²) in [7, 11) is 1.35. The largest absolute Gasteiger partial charge is 0.491 e. The number of ether oxygens (including phenoxy) is 2. The van der Waals surface area contributed by atoms with Gasteiger partial charge in [0, 0.05) is 18.9 Å². The van der Waals surface area contributed by atoms with Crippen LogP contribution in [0.5, 0.6) is 5.75 Å².